The molecule has 0 spiro atoms. The summed E-state index contributed by atoms with van der Waals surface area (Å²) in [6.45, 7) is 2.57. The number of sulfonamides is 1. The number of nitrogens with zero attached hydrogens (tertiary/aromatic N) is 3. The molecule has 5 aromatic rings. The van der Waals surface area contributed by atoms with Crippen LogP contribution in [0.4, 0.5) is 10.1 Å². The first-order chi connectivity index (χ1) is 20.9. The Labute approximate surface area is 254 Å². The number of anilines is 1. The number of aromatic nitrogens is 1. The monoisotopic (exact) mass is 612 g/mol. The molecular formula is C33H29FN4O5S. The summed E-state index contributed by atoms with van der Waals surface area (Å²) in [5.41, 5.74) is 5.11. The minimum Gasteiger partial charge on any atom is -0.455 e. The molecule has 3 heterocycles. The van der Waals surface area contributed by atoms with E-state index in [0.29, 0.717) is 45.7 Å². The smallest absolute Gasteiger partial charge is 0.273 e. The maximum atomic E-state index is 13.4. The zero-order valence-electron chi connectivity index (χ0n) is 24.5. The first kappa shape index (κ1) is 29.1. The average Bonchev–Trinajstić information content (AvgIpc) is 3.53. The number of pyridine rings is 1. The number of benzene rings is 3. The lowest BCUT2D eigenvalue weighted by molar-refractivity contribution is 0.0762. The van der Waals surface area contributed by atoms with E-state index < -0.39 is 10.0 Å². The maximum Gasteiger partial charge on any atom is 0.273 e. The van der Waals surface area contributed by atoms with Crippen molar-refractivity contribution in [2.75, 3.05) is 24.7 Å². The molecule has 44 heavy (non-hydrogen) atoms. The van der Waals surface area contributed by atoms with Gasteiger partial charge in [-0.1, -0.05) is 48.0 Å². The Morgan fingerprint density at radius 1 is 1.07 bits per heavy atom. The molecule has 0 atom stereocenters. The van der Waals surface area contributed by atoms with Gasteiger partial charge in [0.1, 0.15) is 22.9 Å². The van der Waals surface area contributed by atoms with Gasteiger partial charge in [-0.3, -0.25) is 13.9 Å². The Hall–Kier alpha value is -5.03. The van der Waals surface area contributed by atoms with Crippen LogP contribution in [0, 0.1) is 12.7 Å². The molecule has 224 valence electrons. The van der Waals surface area contributed by atoms with Crippen LogP contribution in [0.15, 0.2) is 77.2 Å². The number of furan rings is 1. The molecule has 0 saturated carbocycles. The number of aryl methyl sites for hydroxylation is 1. The van der Waals surface area contributed by atoms with Crippen molar-refractivity contribution in [1.29, 1.82) is 0 Å². The molecular weight excluding hydrogens is 583 g/mol. The van der Waals surface area contributed by atoms with Crippen molar-refractivity contribution in [2.45, 2.75) is 20.0 Å². The van der Waals surface area contributed by atoms with Crippen LogP contribution in [0.1, 0.15) is 37.5 Å². The third-order valence-electron chi connectivity index (χ3n) is 7.80. The summed E-state index contributed by atoms with van der Waals surface area (Å²) in [5, 5.41) is 3.14. The summed E-state index contributed by atoms with van der Waals surface area (Å²) < 4.78 is 46.2. The number of carbonyl (C=O) groups excluding carboxylic acids is 2. The Kier molecular flexibility index (Phi) is 7.21. The molecule has 1 aliphatic rings. The van der Waals surface area contributed by atoms with Crippen molar-refractivity contribution < 1.29 is 26.8 Å². The Morgan fingerprint density at radius 2 is 1.77 bits per heavy atom. The second-order valence-corrected chi connectivity index (χ2v) is 12.9. The Bertz CT molecular complexity index is 2060. The summed E-state index contributed by atoms with van der Waals surface area (Å²) in [4.78, 5) is 33.0. The van der Waals surface area contributed by atoms with E-state index in [1.807, 2.05) is 31.2 Å². The van der Waals surface area contributed by atoms with E-state index in [-0.39, 0.29) is 35.6 Å². The van der Waals surface area contributed by atoms with E-state index in [0.717, 1.165) is 27.3 Å². The largest absolute Gasteiger partial charge is 0.455 e. The number of carbonyl (C=O) groups is 2. The molecule has 11 heteroatoms. The van der Waals surface area contributed by atoms with Crippen LogP contribution in [0.25, 0.3) is 33.6 Å². The minimum absolute atomic E-state index is 0.247. The SMILES string of the molecule is CNC(=O)c1c(-c2ccc(C)cc2)oc2cc(N(C)S(C)(=O)=O)c(-c3ccc4c(n3)C(=O)N(Cc3ccc(F)cc3)C4)cc12. The van der Waals surface area contributed by atoms with Crippen LogP contribution in [0.2, 0.25) is 0 Å². The quantitative estimate of drug-likeness (QED) is 0.259. The lowest BCUT2D eigenvalue weighted by Gasteiger charge is -2.20. The fraction of sp³-hybridized carbons (Fsp3) is 0.182. The number of rotatable bonds is 7. The van der Waals surface area contributed by atoms with Gasteiger partial charge in [0.2, 0.25) is 10.0 Å². The standard InChI is InChI=1S/C33H29FN4O5S/c1-19-5-9-21(10-6-19)31-29(32(39)35-2)25-15-24(27(16-28(25)43-31)37(3)44(4,41)42)26-14-11-22-18-38(33(40)30(22)36-26)17-20-7-12-23(34)13-8-20/h5-16H,17-18H2,1-4H3,(H,35,39). The molecule has 6 rings (SSSR count). The summed E-state index contributed by atoms with van der Waals surface area (Å²) >= 11 is 0. The minimum atomic E-state index is -3.72. The highest BCUT2D eigenvalue weighted by Crippen LogP contribution is 2.41. The van der Waals surface area contributed by atoms with Gasteiger partial charge in [-0.2, -0.15) is 0 Å². The van der Waals surface area contributed by atoms with E-state index in [1.165, 1.54) is 26.2 Å². The molecule has 0 aliphatic carbocycles. The molecule has 0 fully saturated rings. The van der Waals surface area contributed by atoms with Gasteiger partial charge in [-0.15, -0.1) is 0 Å². The van der Waals surface area contributed by atoms with Crippen molar-refractivity contribution in [1.82, 2.24) is 15.2 Å². The number of nitrogens with one attached hydrogen (secondary N) is 1. The lowest BCUT2D eigenvalue weighted by Crippen LogP contribution is -2.25. The predicted molar refractivity (Wildman–Crippen MR) is 166 cm³/mol. The van der Waals surface area contributed by atoms with Gasteiger partial charge in [-0.25, -0.2) is 17.8 Å². The van der Waals surface area contributed by atoms with Crippen LogP contribution in [0.3, 0.4) is 0 Å². The van der Waals surface area contributed by atoms with Gasteiger partial charge in [0.25, 0.3) is 11.8 Å². The van der Waals surface area contributed by atoms with Gasteiger partial charge in [0.05, 0.1) is 23.2 Å². The van der Waals surface area contributed by atoms with E-state index >= 15 is 0 Å². The van der Waals surface area contributed by atoms with E-state index in [4.69, 9.17) is 9.40 Å². The number of hydrogen-bond donors (Lipinski definition) is 1. The first-order valence-electron chi connectivity index (χ1n) is 13.8. The predicted octanol–water partition coefficient (Wildman–Crippen LogP) is 5.52. The molecule has 0 bridgehead atoms. The van der Waals surface area contributed by atoms with Crippen molar-refractivity contribution in [3.05, 3.63) is 107 Å². The van der Waals surface area contributed by atoms with Crippen LogP contribution in [0.5, 0.6) is 0 Å². The van der Waals surface area contributed by atoms with Gasteiger partial charge in [0, 0.05) is 55.3 Å². The molecule has 0 radical (unpaired) electrons. The fourth-order valence-electron chi connectivity index (χ4n) is 5.35. The van der Waals surface area contributed by atoms with E-state index in [1.54, 1.807) is 41.3 Å². The highest BCUT2D eigenvalue weighted by atomic mass is 32.2. The Balaban J connectivity index is 1.50. The van der Waals surface area contributed by atoms with E-state index in [2.05, 4.69) is 5.32 Å². The van der Waals surface area contributed by atoms with Crippen molar-refractivity contribution in [3.63, 3.8) is 0 Å². The molecule has 2 aromatic heterocycles. The molecule has 1 aliphatic heterocycles. The molecule has 3 aromatic carbocycles. The average molecular weight is 613 g/mol. The summed E-state index contributed by atoms with van der Waals surface area (Å²) in [6, 6.07) is 20.3. The first-order valence-corrected chi connectivity index (χ1v) is 15.7. The third-order valence-corrected chi connectivity index (χ3v) is 8.99. The highest BCUT2D eigenvalue weighted by Gasteiger charge is 2.31. The van der Waals surface area contributed by atoms with Gasteiger partial charge in [0.15, 0.2) is 0 Å². The van der Waals surface area contributed by atoms with Gasteiger partial charge >= 0.3 is 0 Å². The summed E-state index contributed by atoms with van der Waals surface area (Å²) in [7, 11) is -0.773. The lowest BCUT2D eigenvalue weighted by atomic mass is 10.00. The number of hydrogen-bond acceptors (Lipinski definition) is 6. The van der Waals surface area contributed by atoms with Crippen molar-refractivity contribution in [2.24, 2.45) is 0 Å². The third kappa shape index (κ3) is 5.19. The molecule has 0 saturated heterocycles. The molecule has 0 unspecified atom stereocenters. The van der Waals surface area contributed by atoms with Crippen LogP contribution in [-0.4, -0.2) is 50.5 Å². The van der Waals surface area contributed by atoms with Gasteiger partial charge < -0.3 is 14.6 Å². The van der Waals surface area contributed by atoms with Crippen molar-refractivity contribution >= 4 is 38.5 Å². The zero-order chi connectivity index (χ0) is 31.3. The normalized spacial score (nSPS) is 12.9. The van der Waals surface area contributed by atoms with E-state index in [9.17, 15) is 22.4 Å². The topological polar surface area (TPSA) is 113 Å². The summed E-state index contributed by atoms with van der Waals surface area (Å²) in [5.74, 6) is -0.673. The number of amides is 2. The van der Waals surface area contributed by atoms with Crippen LogP contribution in [-0.2, 0) is 23.1 Å². The highest BCUT2D eigenvalue weighted by molar-refractivity contribution is 7.92. The second kappa shape index (κ2) is 10.9. The zero-order valence-corrected chi connectivity index (χ0v) is 25.3. The maximum absolute atomic E-state index is 13.4. The molecule has 9 nitrogen and oxygen atoms in total. The van der Waals surface area contributed by atoms with Crippen molar-refractivity contribution in [3.8, 4) is 22.6 Å². The molecule has 1 N–H and O–H groups in total. The second-order valence-electron chi connectivity index (χ2n) is 10.8. The Morgan fingerprint density at radius 3 is 2.43 bits per heavy atom. The van der Waals surface area contributed by atoms with Crippen LogP contribution < -0.4 is 9.62 Å². The number of fused-ring (bicyclic) bond motifs is 2. The van der Waals surface area contributed by atoms with Gasteiger partial charge in [-0.05, 0) is 36.8 Å². The van der Waals surface area contributed by atoms with Crippen LogP contribution >= 0.6 is 0 Å². The molecule has 2 amide bonds. The summed E-state index contributed by atoms with van der Waals surface area (Å²) in [6.07, 6.45) is 1.09. The number of halogens is 1. The fourth-order valence-corrected chi connectivity index (χ4v) is 5.86.